The lowest BCUT2D eigenvalue weighted by Gasteiger charge is -2.35. The third-order valence-corrected chi connectivity index (χ3v) is 8.18. The van der Waals surface area contributed by atoms with Gasteiger partial charge in [-0.25, -0.2) is 13.4 Å². The average molecular weight is 561 g/mol. The zero-order valence-corrected chi connectivity index (χ0v) is 21.3. The Kier molecular flexibility index (Phi) is 7.09. The highest BCUT2D eigenvalue weighted by Gasteiger charge is 2.35. The molecule has 0 bridgehead atoms. The number of hydrogen-bond donors (Lipinski definition) is 2. The Hall–Kier alpha value is -3.88. The quantitative estimate of drug-likeness (QED) is 0.362. The van der Waals surface area contributed by atoms with Gasteiger partial charge in [0.05, 0.1) is 22.6 Å². The van der Waals surface area contributed by atoms with Gasteiger partial charge in [0, 0.05) is 25.5 Å². The lowest BCUT2D eigenvalue weighted by atomic mass is 10.0. The highest BCUT2D eigenvalue weighted by molar-refractivity contribution is 7.89. The number of hydrogen-bond acceptors (Lipinski definition) is 9. The van der Waals surface area contributed by atoms with Crippen molar-refractivity contribution in [2.75, 3.05) is 18.4 Å². The lowest BCUT2D eigenvalue weighted by Crippen LogP contribution is -2.51. The molecule has 4 heterocycles. The number of nitrogens with one attached hydrogen (secondary N) is 1. The van der Waals surface area contributed by atoms with Gasteiger partial charge >= 0.3 is 6.18 Å². The minimum absolute atomic E-state index is 0.0658. The number of halogens is 3. The Morgan fingerprint density at radius 1 is 1.08 bits per heavy atom. The molecule has 1 aliphatic rings. The number of aliphatic hydroxyl groups excluding tert-OH is 1. The van der Waals surface area contributed by atoms with Crippen molar-refractivity contribution in [2.24, 2.45) is 0 Å². The number of anilines is 1. The first-order chi connectivity index (χ1) is 18.5. The number of aliphatic hydroxyl groups is 1. The van der Waals surface area contributed by atoms with Crippen LogP contribution in [0.4, 0.5) is 19.0 Å². The maximum Gasteiger partial charge on any atom is 0.417 e. The van der Waals surface area contributed by atoms with E-state index < -0.39 is 33.9 Å². The maximum absolute atomic E-state index is 13.3. The molecule has 0 aliphatic carbocycles. The molecule has 2 N–H and O–H groups in total. The van der Waals surface area contributed by atoms with Crippen LogP contribution in [0, 0.1) is 6.92 Å². The summed E-state index contributed by atoms with van der Waals surface area (Å²) >= 11 is 0. The lowest BCUT2D eigenvalue weighted by molar-refractivity contribution is -0.137. The van der Waals surface area contributed by atoms with E-state index >= 15 is 0 Å². The topological polar surface area (TPSA) is 134 Å². The number of sulfonamides is 1. The van der Waals surface area contributed by atoms with E-state index in [9.17, 15) is 26.7 Å². The second kappa shape index (κ2) is 10.4. The van der Waals surface area contributed by atoms with Crippen molar-refractivity contribution in [1.29, 1.82) is 0 Å². The highest BCUT2D eigenvalue weighted by Crippen LogP contribution is 2.30. The van der Waals surface area contributed by atoms with Crippen molar-refractivity contribution in [1.82, 2.24) is 24.4 Å². The van der Waals surface area contributed by atoms with E-state index in [1.54, 1.807) is 37.4 Å². The number of pyridine rings is 2. The van der Waals surface area contributed by atoms with Gasteiger partial charge in [-0.05, 0) is 60.9 Å². The number of piperidine rings is 1. The first-order valence-electron chi connectivity index (χ1n) is 11.9. The van der Waals surface area contributed by atoms with Gasteiger partial charge in [0.2, 0.25) is 10.0 Å². The Balaban J connectivity index is 1.25. The summed E-state index contributed by atoms with van der Waals surface area (Å²) in [7, 11) is -3.90. The van der Waals surface area contributed by atoms with Crippen LogP contribution in [-0.2, 0) is 16.2 Å². The van der Waals surface area contributed by atoms with Crippen molar-refractivity contribution in [3.8, 4) is 22.7 Å². The molecular weight excluding hydrogens is 537 g/mol. The van der Waals surface area contributed by atoms with Crippen LogP contribution in [0.3, 0.4) is 0 Å². The van der Waals surface area contributed by atoms with Crippen LogP contribution < -0.4 is 5.32 Å². The van der Waals surface area contributed by atoms with Crippen molar-refractivity contribution in [2.45, 2.75) is 36.6 Å². The highest BCUT2D eigenvalue weighted by atomic mass is 32.2. The van der Waals surface area contributed by atoms with Crippen LogP contribution in [0.25, 0.3) is 22.7 Å². The van der Waals surface area contributed by atoms with Gasteiger partial charge in [-0.15, -0.1) is 0 Å². The molecule has 204 valence electrons. The van der Waals surface area contributed by atoms with E-state index in [1.165, 1.54) is 22.5 Å². The van der Waals surface area contributed by atoms with E-state index in [-0.39, 0.29) is 36.1 Å². The van der Waals surface area contributed by atoms with Crippen LogP contribution in [-0.4, -0.2) is 63.2 Å². The molecule has 1 aromatic carbocycles. The average Bonchev–Trinajstić information content (AvgIpc) is 3.36. The van der Waals surface area contributed by atoms with Gasteiger partial charge in [0.15, 0.2) is 5.82 Å². The van der Waals surface area contributed by atoms with Gasteiger partial charge in [-0.3, -0.25) is 4.98 Å². The predicted octanol–water partition coefficient (Wildman–Crippen LogP) is 3.76. The molecule has 10 nitrogen and oxygen atoms in total. The van der Waals surface area contributed by atoms with Gasteiger partial charge in [0.1, 0.15) is 11.5 Å². The number of nitrogens with zero attached hydrogens (tertiary/aromatic N) is 5. The van der Waals surface area contributed by atoms with Gasteiger partial charge in [-0.1, -0.05) is 17.3 Å². The molecule has 1 fully saturated rings. The summed E-state index contributed by atoms with van der Waals surface area (Å²) in [5.41, 5.74) is 1.13. The minimum Gasteiger partial charge on any atom is -0.390 e. The molecule has 1 saturated heterocycles. The molecular formula is C25H23F3N6O4S. The summed E-state index contributed by atoms with van der Waals surface area (Å²) in [5.74, 6) is 0.916. The number of benzene rings is 1. The van der Waals surface area contributed by atoms with Crippen molar-refractivity contribution in [3.63, 3.8) is 0 Å². The number of alkyl halides is 3. The summed E-state index contributed by atoms with van der Waals surface area (Å²) in [6, 6.07) is 11.4. The maximum atomic E-state index is 13.3. The second-order valence-corrected chi connectivity index (χ2v) is 10.9. The van der Waals surface area contributed by atoms with E-state index in [0.29, 0.717) is 17.7 Å². The third-order valence-electron chi connectivity index (χ3n) is 6.30. The van der Waals surface area contributed by atoms with E-state index in [2.05, 4.69) is 25.4 Å². The molecule has 5 rings (SSSR count). The number of rotatable bonds is 6. The summed E-state index contributed by atoms with van der Waals surface area (Å²) in [5, 5.41) is 17.3. The van der Waals surface area contributed by atoms with E-state index in [1.807, 2.05) is 0 Å². The van der Waals surface area contributed by atoms with Gasteiger partial charge in [0.25, 0.3) is 5.89 Å². The Morgan fingerprint density at radius 2 is 1.85 bits per heavy atom. The smallest absolute Gasteiger partial charge is 0.390 e. The molecule has 39 heavy (non-hydrogen) atoms. The molecule has 3 aromatic heterocycles. The summed E-state index contributed by atoms with van der Waals surface area (Å²) < 4.78 is 71.1. The first-order valence-corrected chi connectivity index (χ1v) is 13.3. The fourth-order valence-corrected chi connectivity index (χ4v) is 5.70. The number of β-amino-alcohol motifs (C(OH)–C–C–N with tert-alkyl or cyclic N) is 1. The van der Waals surface area contributed by atoms with Crippen LogP contribution in [0.5, 0.6) is 0 Å². The summed E-state index contributed by atoms with van der Waals surface area (Å²) in [6.07, 6.45) is -3.07. The number of aromatic nitrogens is 4. The van der Waals surface area contributed by atoms with Crippen molar-refractivity contribution >= 4 is 15.8 Å². The Labute approximate surface area is 221 Å². The fraction of sp³-hybridized carbons (Fsp3) is 0.280. The number of aryl methyl sites for hydroxylation is 1. The summed E-state index contributed by atoms with van der Waals surface area (Å²) in [6.45, 7) is 1.63. The standard InChI is InChI=1S/C25H23F3N6O4S/c1-15-31-24(38-33-15)21-12-17(8-10-29-21)16-2-5-19(6-3-16)39(36,37)34-11-9-20(22(35)14-34)32-23-7-4-18(13-30-23)25(26,27)28/h2-8,10,12-13,20,22,35H,9,11,14H2,1H3,(H,30,32)/t20-,22+/m1/s1. The molecule has 2 atom stereocenters. The molecule has 1 aliphatic heterocycles. The summed E-state index contributed by atoms with van der Waals surface area (Å²) in [4.78, 5) is 12.2. The monoisotopic (exact) mass is 560 g/mol. The Morgan fingerprint density at radius 3 is 2.46 bits per heavy atom. The molecule has 0 spiro atoms. The third kappa shape index (κ3) is 5.77. The van der Waals surface area contributed by atoms with E-state index in [0.717, 1.165) is 17.2 Å². The first kappa shape index (κ1) is 26.7. The van der Waals surface area contributed by atoms with Crippen molar-refractivity contribution < 1.29 is 31.2 Å². The van der Waals surface area contributed by atoms with Crippen LogP contribution in [0.2, 0.25) is 0 Å². The molecule has 0 unspecified atom stereocenters. The zero-order chi connectivity index (χ0) is 27.8. The normalized spacial score (nSPS) is 18.7. The minimum atomic E-state index is -4.50. The molecule has 0 saturated carbocycles. The van der Waals surface area contributed by atoms with Crippen LogP contribution in [0.1, 0.15) is 17.8 Å². The van der Waals surface area contributed by atoms with Gasteiger partial charge in [-0.2, -0.15) is 22.5 Å². The zero-order valence-electron chi connectivity index (χ0n) is 20.5. The largest absolute Gasteiger partial charge is 0.417 e. The SMILES string of the molecule is Cc1noc(-c2cc(-c3ccc(S(=O)(=O)N4CC[C@@H](Nc5ccc(C(F)(F)F)cn5)[C@@H](O)C4)cc3)ccn2)n1. The van der Waals surface area contributed by atoms with E-state index in [4.69, 9.17) is 4.52 Å². The van der Waals surface area contributed by atoms with Crippen LogP contribution >= 0.6 is 0 Å². The molecule has 0 radical (unpaired) electrons. The predicted molar refractivity (Wildman–Crippen MR) is 134 cm³/mol. The molecule has 14 heteroatoms. The molecule has 0 amide bonds. The molecule has 4 aromatic rings. The van der Waals surface area contributed by atoms with Crippen molar-refractivity contribution in [3.05, 3.63) is 72.3 Å². The second-order valence-electron chi connectivity index (χ2n) is 9.00. The van der Waals surface area contributed by atoms with Crippen LogP contribution in [0.15, 0.2) is 70.3 Å². The fourth-order valence-electron chi connectivity index (χ4n) is 4.22. The Bertz CT molecular complexity index is 1560. The van der Waals surface area contributed by atoms with Gasteiger partial charge < -0.3 is 14.9 Å².